The van der Waals surface area contributed by atoms with Crippen molar-refractivity contribution in [1.29, 1.82) is 0 Å². The van der Waals surface area contributed by atoms with E-state index in [1.165, 1.54) is 0 Å². The SMILES string of the molecule is CCNC(=NCC(C)N1CCOCC1)NCCCOCC(C)C. The first-order valence-electron chi connectivity index (χ1n) is 9.05. The third-order valence-electron chi connectivity index (χ3n) is 3.74. The predicted octanol–water partition coefficient (Wildman–Crippen LogP) is 1.32. The highest BCUT2D eigenvalue weighted by Crippen LogP contribution is 2.03. The number of hydrogen-bond acceptors (Lipinski definition) is 4. The van der Waals surface area contributed by atoms with Crippen molar-refractivity contribution in [3.8, 4) is 0 Å². The molecule has 0 spiro atoms. The van der Waals surface area contributed by atoms with Gasteiger partial charge in [-0.1, -0.05) is 13.8 Å². The molecule has 2 N–H and O–H groups in total. The molecule has 1 saturated heterocycles. The Labute approximate surface area is 142 Å². The second kappa shape index (κ2) is 12.6. The number of ether oxygens (including phenoxy) is 2. The summed E-state index contributed by atoms with van der Waals surface area (Å²) in [6.45, 7) is 16.6. The molecule has 0 aliphatic carbocycles. The summed E-state index contributed by atoms with van der Waals surface area (Å²) < 4.78 is 11.0. The lowest BCUT2D eigenvalue weighted by atomic mass is 10.2. The number of hydrogen-bond donors (Lipinski definition) is 2. The normalized spacial score (nSPS) is 18.2. The van der Waals surface area contributed by atoms with Crippen molar-refractivity contribution in [1.82, 2.24) is 15.5 Å². The van der Waals surface area contributed by atoms with Crippen LogP contribution in [0.4, 0.5) is 0 Å². The number of guanidine groups is 1. The van der Waals surface area contributed by atoms with E-state index in [-0.39, 0.29) is 0 Å². The third-order valence-corrected chi connectivity index (χ3v) is 3.74. The summed E-state index contributed by atoms with van der Waals surface area (Å²) >= 11 is 0. The van der Waals surface area contributed by atoms with E-state index in [0.29, 0.717) is 12.0 Å². The Morgan fingerprint density at radius 3 is 2.61 bits per heavy atom. The van der Waals surface area contributed by atoms with Gasteiger partial charge in [0.1, 0.15) is 0 Å². The van der Waals surface area contributed by atoms with Gasteiger partial charge in [0.15, 0.2) is 5.96 Å². The molecule has 0 bridgehead atoms. The molecule has 0 aromatic carbocycles. The van der Waals surface area contributed by atoms with Crippen LogP contribution >= 0.6 is 0 Å². The van der Waals surface area contributed by atoms with Gasteiger partial charge in [-0.05, 0) is 26.2 Å². The van der Waals surface area contributed by atoms with Gasteiger partial charge in [0.2, 0.25) is 0 Å². The Balaban J connectivity index is 2.23. The number of aliphatic imine (C=N–C) groups is 1. The highest BCUT2D eigenvalue weighted by Gasteiger charge is 2.16. The standard InChI is InChI=1S/C17H36N4O2/c1-5-18-17(19-7-6-10-23-14-15(2)3)20-13-16(4)21-8-11-22-12-9-21/h15-16H,5-14H2,1-4H3,(H2,18,19,20). The summed E-state index contributed by atoms with van der Waals surface area (Å²) in [7, 11) is 0. The van der Waals surface area contributed by atoms with Crippen molar-refractivity contribution in [2.75, 3.05) is 59.2 Å². The molecule has 1 heterocycles. The molecule has 23 heavy (non-hydrogen) atoms. The second-order valence-corrected chi connectivity index (χ2v) is 6.47. The lowest BCUT2D eigenvalue weighted by Gasteiger charge is -2.31. The maximum absolute atomic E-state index is 5.60. The van der Waals surface area contributed by atoms with Crippen molar-refractivity contribution in [3.05, 3.63) is 0 Å². The van der Waals surface area contributed by atoms with Gasteiger partial charge >= 0.3 is 0 Å². The molecule has 6 heteroatoms. The maximum atomic E-state index is 5.60. The molecule has 0 amide bonds. The van der Waals surface area contributed by atoms with Gasteiger partial charge in [-0.2, -0.15) is 0 Å². The Kier molecular flexibility index (Phi) is 11.0. The summed E-state index contributed by atoms with van der Waals surface area (Å²) in [6.07, 6.45) is 0.996. The summed E-state index contributed by atoms with van der Waals surface area (Å²) in [5.74, 6) is 1.50. The van der Waals surface area contributed by atoms with Crippen LogP contribution in [0.1, 0.15) is 34.1 Å². The highest BCUT2D eigenvalue weighted by atomic mass is 16.5. The van der Waals surface area contributed by atoms with E-state index < -0.39 is 0 Å². The van der Waals surface area contributed by atoms with Gasteiger partial charge in [0.05, 0.1) is 19.8 Å². The van der Waals surface area contributed by atoms with E-state index in [1.54, 1.807) is 0 Å². The number of nitrogens with zero attached hydrogens (tertiary/aromatic N) is 2. The van der Waals surface area contributed by atoms with Crippen LogP contribution < -0.4 is 10.6 Å². The molecule has 1 unspecified atom stereocenters. The number of nitrogens with one attached hydrogen (secondary N) is 2. The average molecular weight is 329 g/mol. The van der Waals surface area contributed by atoms with Gasteiger partial charge in [-0.3, -0.25) is 9.89 Å². The maximum Gasteiger partial charge on any atom is 0.191 e. The van der Waals surface area contributed by atoms with Crippen LogP contribution in [0.2, 0.25) is 0 Å². The Hall–Kier alpha value is -0.850. The zero-order chi connectivity index (χ0) is 16.9. The largest absolute Gasteiger partial charge is 0.381 e. The van der Waals surface area contributed by atoms with E-state index in [1.807, 2.05) is 0 Å². The first kappa shape index (κ1) is 20.2. The van der Waals surface area contributed by atoms with Gasteiger partial charge in [0, 0.05) is 45.4 Å². The van der Waals surface area contributed by atoms with Crippen molar-refractivity contribution >= 4 is 5.96 Å². The Morgan fingerprint density at radius 2 is 1.96 bits per heavy atom. The highest BCUT2D eigenvalue weighted by molar-refractivity contribution is 5.79. The fraction of sp³-hybridized carbons (Fsp3) is 0.941. The molecule has 0 saturated carbocycles. The summed E-state index contributed by atoms with van der Waals surface area (Å²) in [5.41, 5.74) is 0. The number of rotatable bonds is 10. The molecule has 1 atom stereocenters. The van der Waals surface area contributed by atoms with Crippen molar-refractivity contribution < 1.29 is 9.47 Å². The van der Waals surface area contributed by atoms with E-state index in [9.17, 15) is 0 Å². The Bertz CT molecular complexity index is 318. The molecule has 6 nitrogen and oxygen atoms in total. The molecule has 0 aromatic rings. The molecular weight excluding hydrogens is 292 g/mol. The van der Waals surface area contributed by atoms with Crippen LogP contribution in [-0.4, -0.2) is 76.1 Å². The van der Waals surface area contributed by atoms with Crippen LogP contribution in [0.25, 0.3) is 0 Å². The summed E-state index contributed by atoms with van der Waals surface area (Å²) in [5, 5.41) is 6.69. The van der Waals surface area contributed by atoms with Crippen molar-refractivity contribution in [3.63, 3.8) is 0 Å². The van der Waals surface area contributed by atoms with E-state index in [4.69, 9.17) is 14.5 Å². The van der Waals surface area contributed by atoms with Crippen LogP contribution in [0, 0.1) is 5.92 Å². The zero-order valence-corrected chi connectivity index (χ0v) is 15.4. The zero-order valence-electron chi connectivity index (χ0n) is 15.4. The monoisotopic (exact) mass is 328 g/mol. The minimum Gasteiger partial charge on any atom is -0.381 e. The van der Waals surface area contributed by atoms with Gasteiger partial charge in [-0.15, -0.1) is 0 Å². The van der Waals surface area contributed by atoms with E-state index in [0.717, 1.165) is 71.5 Å². The van der Waals surface area contributed by atoms with Gasteiger partial charge in [0.25, 0.3) is 0 Å². The van der Waals surface area contributed by atoms with Crippen molar-refractivity contribution in [2.24, 2.45) is 10.9 Å². The molecule has 1 fully saturated rings. The molecular formula is C17H36N4O2. The summed E-state index contributed by atoms with van der Waals surface area (Å²) in [6, 6.07) is 0.448. The fourth-order valence-corrected chi connectivity index (χ4v) is 2.40. The first-order valence-corrected chi connectivity index (χ1v) is 9.05. The average Bonchev–Trinajstić information content (AvgIpc) is 2.55. The minimum absolute atomic E-state index is 0.448. The van der Waals surface area contributed by atoms with Gasteiger partial charge < -0.3 is 20.1 Å². The van der Waals surface area contributed by atoms with E-state index in [2.05, 4.69) is 43.2 Å². The first-order chi connectivity index (χ1) is 11.1. The molecule has 136 valence electrons. The molecule has 1 aliphatic rings. The van der Waals surface area contributed by atoms with E-state index >= 15 is 0 Å². The van der Waals surface area contributed by atoms with Crippen LogP contribution in [0.5, 0.6) is 0 Å². The van der Waals surface area contributed by atoms with Crippen LogP contribution in [-0.2, 0) is 9.47 Å². The lowest BCUT2D eigenvalue weighted by Crippen LogP contribution is -2.44. The predicted molar refractivity (Wildman–Crippen MR) is 96.1 cm³/mol. The molecule has 1 rings (SSSR count). The van der Waals surface area contributed by atoms with Crippen LogP contribution in [0.15, 0.2) is 4.99 Å². The minimum atomic E-state index is 0.448. The summed E-state index contributed by atoms with van der Waals surface area (Å²) in [4.78, 5) is 7.15. The molecule has 0 aromatic heterocycles. The lowest BCUT2D eigenvalue weighted by molar-refractivity contribution is 0.0220. The topological polar surface area (TPSA) is 58.1 Å². The van der Waals surface area contributed by atoms with Gasteiger partial charge in [-0.25, -0.2) is 0 Å². The smallest absolute Gasteiger partial charge is 0.191 e. The van der Waals surface area contributed by atoms with Crippen LogP contribution in [0.3, 0.4) is 0 Å². The molecule has 0 radical (unpaired) electrons. The molecule has 1 aliphatic heterocycles. The Morgan fingerprint density at radius 1 is 1.22 bits per heavy atom. The third kappa shape index (κ3) is 9.79. The van der Waals surface area contributed by atoms with Crippen molar-refractivity contribution in [2.45, 2.75) is 40.2 Å². The number of morpholine rings is 1. The second-order valence-electron chi connectivity index (χ2n) is 6.47. The quantitative estimate of drug-likeness (QED) is 0.360. The fourth-order valence-electron chi connectivity index (χ4n) is 2.40.